The summed E-state index contributed by atoms with van der Waals surface area (Å²) in [5.41, 5.74) is 4.69. The number of halogens is 4. The van der Waals surface area contributed by atoms with Crippen LogP contribution in [0.1, 0.15) is 0 Å². The molecule has 15 heavy (non-hydrogen) atoms. The summed E-state index contributed by atoms with van der Waals surface area (Å²) < 4.78 is 51.5. The lowest BCUT2D eigenvalue weighted by Crippen LogP contribution is -2.57. The monoisotopic (exact) mass is 220 g/mol. The number of alkyl halides is 2. The summed E-state index contributed by atoms with van der Waals surface area (Å²) in [6.07, 6.45) is 0. The molecule has 1 aliphatic rings. The number of hydrogen-bond donors (Lipinski definition) is 1. The Morgan fingerprint density at radius 3 is 2.00 bits per heavy atom. The highest BCUT2D eigenvalue weighted by atomic mass is 19.3. The molecule has 1 heterocycles. The van der Waals surface area contributed by atoms with Crippen molar-refractivity contribution in [2.24, 2.45) is 0 Å². The van der Waals surface area contributed by atoms with Crippen molar-refractivity contribution in [3.63, 3.8) is 0 Å². The van der Waals surface area contributed by atoms with Gasteiger partial charge in [-0.2, -0.15) is 0 Å². The quantitative estimate of drug-likeness (QED) is 0.579. The predicted octanol–water partition coefficient (Wildman–Crippen LogP) is 2.00. The van der Waals surface area contributed by atoms with Crippen molar-refractivity contribution < 1.29 is 17.6 Å². The van der Waals surface area contributed by atoms with Crippen molar-refractivity contribution >= 4 is 11.4 Å². The molecule has 0 radical (unpaired) electrons. The summed E-state index contributed by atoms with van der Waals surface area (Å²) >= 11 is 0. The van der Waals surface area contributed by atoms with Gasteiger partial charge in [-0.05, 0) is 12.1 Å². The fourth-order valence-corrected chi connectivity index (χ4v) is 1.56. The molecule has 1 aromatic rings. The third kappa shape index (κ3) is 1.71. The molecule has 0 atom stereocenters. The van der Waals surface area contributed by atoms with Gasteiger partial charge in [0.25, 0.3) is 5.92 Å². The van der Waals surface area contributed by atoms with Gasteiger partial charge in [0, 0.05) is 5.69 Å². The van der Waals surface area contributed by atoms with E-state index in [0.717, 1.165) is 17.0 Å². The Kier molecular flexibility index (Phi) is 2.02. The van der Waals surface area contributed by atoms with Crippen molar-refractivity contribution in [1.82, 2.24) is 0 Å². The van der Waals surface area contributed by atoms with Gasteiger partial charge in [0.2, 0.25) is 0 Å². The van der Waals surface area contributed by atoms with Crippen molar-refractivity contribution in [3.8, 4) is 0 Å². The number of nitrogen functional groups attached to an aromatic ring is 1. The second-order valence-electron chi connectivity index (χ2n) is 3.55. The van der Waals surface area contributed by atoms with E-state index in [0.29, 0.717) is 0 Å². The first-order valence-corrected chi connectivity index (χ1v) is 4.26. The van der Waals surface area contributed by atoms with Crippen molar-refractivity contribution in [2.45, 2.75) is 5.92 Å². The lowest BCUT2D eigenvalue weighted by atomic mass is 10.1. The molecule has 1 aromatic carbocycles. The van der Waals surface area contributed by atoms with E-state index in [4.69, 9.17) is 5.73 Å². The topological polar surface area (TPSA) is 29.3 Å². The van der Waals surface area contributed by atoms with E-state index in [1.54, 1.807) is 0 Å². The molecular formula is C9H8F4N2. The van der Waals surface area contributed by atoms with Crippen molar-refractivity contribution in [2.75, 3.05) is 23.7 Å². The molecule has 0 aromatic heterocycles. The molecule has 0 unspecified atom stereocenters. The van der Waals surface area contributed by atoms with E-state index in [1.807, 2.05) is 0 Å². The highest BCUT2D eigenvalue weighted by molar-refractivity contribution is 5.57. The van der Waals surface area contributed by atoms with E-state index in [9.17, 15) is 17.6 Å². The molecule has 2 N–H and O–H groups in total. The van der Waals surface area contributed by atoms with Crippen LogP contribution in [-0.4, -0.2) is 19.0 Å². The predicted molar refractivity (Wildman–Crippen MR) is 47.9 cm³/mol. The summed E-state index contributed by atoms with van der Waals surface area (Å²) in [6.45, 7) is -1.32. The summed E-state index contributed by atoms with van der Waals surface area (Å²) in [6, 6.07) is 1.82. The Hall–Kier alpha value is -1.46. The van der Waals surface area contributed by atoms with Crippen LogP contribution in [0.4, 0.5) is 28.9 Å². The fourth-order valence-electron chi connectivity index (χ4n) is 1.56. The summed E-state index contributed by atoms with van der Waals surface area (Å²) in [4.78, 5) is 0.949. The number of nitrogens with two attached hydrogens (primary N) is 1. The van der Waals surface area contributed by atoms with Gasteiger partial charge in [0.1, 0.15) is 5.69 Å². The molecule has 1 fully saturated rings. The smallest absolute Gasteiger partial charge is 0.282 e. The van der Waals surface area contributed by atoms with Gasteiger partial charge in [-0.15, -0.1) is 0 Å². The first-order chi connectivity index (χ1) is 6.89. The summed E-state index contributed by atoms with van der Waals surface area (Å²) in [5.74, 6) is -4.69. The van der Waals surface area contributed by atoms with Crippen LogP contribution in [0.25, 0.3) is 0 Å². The van der Waals surface area contributed by atoms with Gasteiger partial charge in [-0.25, -0.2) is 17.6 Å². The SMILES string of the molecule is Nc1cc(F)c(N2CC(F)(F)C2)c(F)c1. The normalized spacial score (nSPS) is 18.8. The average molecular weight is 220 g/mol. The maximum Gasteiger partial charge on any atom is 0.282 e. The zero-order chi connectivity index (χ0) is 11.2. The zero-order valence-corrected chi connectivity index (χ0v) is 7.61. The molecule has 0 spiro atoms. The lowest BCUT2D eigenvalue weighted by Gasteiger charge is -2.40. The van der Waals surface area contributed by atoms with E-state index >= 15 is 0 Å². The third-order valence-electron chi connectivity index (χ3n) is 2.20. The van der Waals surface area contributed by atoms with Crippen molar-refractivity contribution in [1.29, 1.82) is 0 Å². The minimum Gasteiger partial charge on any atom is -0.399 e. The minimum atomic E-state index is -2.86. The van der Waals surface area contributed by atoms with Gasteiger partial charge < -0.3 is 10.6 Å². The highest BCUT2D eigenvalue weighted by Gasteiger charge is 2.45. The van der Waals surface area contributed by atoms with Crippen molar-refractivity contribution in [3.05, 3.63) is 23.8 Å². The van der Waals surface area contributed by atoms with Gasteiger partial charge in [0.05, 0.1) is 13.1 Å². The molecule has 2 rings (SSSR count). The first kappa shape index (κ1) is 10.1. The summed E-state index contributed by atoms with van der Waals surface area (Å²) in [7, 11) is 0. The number of nitrogens with zero attached hydrogens (tertiary/aromatic N) is 1. The van der Waals surface area contributed by atoms with E-state index in [-0.39, 0.29) is 5.69 Å². The molecule has 2 nitrogen and oxygen atoms in total. The molecule has 1 aliphatic heterocycles. The third-order valence-corrected chi connectivity index (χ3v) is 2.20. The van der Waals surface area contributed by atoms with E-state index in [1.165, 1.54) is 0 Å². The number of benzene rings is 1. The second-order valence-corrected chi connectivity index (χ2v) is 3.55. The molecule has 1 saturated heterocycles. The lowest BCUT2D eigenvalue weighted by molar-refractivity contribution is -0.0268. The minimum absolute atomic E-state index is 0.0685. The fraction of sp³-hybridized carbons (Fsp3) is 0.333. The number of rotatable bonds is 1. The molecule has 0 bridgehead atoms. The number of hydrogen-bond acceptors (Lipinski definition) is 2. The van der Waals surface area contributed by atoms with Crippen LogP contribution >= 0.6 is 0 Å². The van der Waals surface area contributed by atoms with Crippen LogP contribution in [0.3, 0.4) is 0 Å². The molecule has 6 heteroatoms. The largest absolute Gasteiger partial charge is 0.399 e. The van der Waals surface area contributed by atoms with Gasteiger partial charge >= 0.3 is 0 Å². The Morgan fingerprint density at radius 1 is 1.13 bits per heavy atom. The van der Waals surface area contributed by atoms with E-state index in [2.05, 4.69) is 0 Å². The molecule has 0 amide bonds. The first-order valence-electron chi connectivity index (χ1n) is 4.26. The van der Waals surface area contributed by atoms with Crippen LogP contribution in [0, 0.1) is 11.6 Å². The van der Waals surface area contributed by atoms with Crippen LogP contribution < -0.4 is 10.6 Å². The Morgan fingerprint density at radius 2 is 1.60 bits per heavy atom. The molecule has 0 aliphatic carbocycles. The van der Waals surface area contributed by atoms with Gasteiger partial charge in [-0.1, -0.05) is 0 Å². The maximum absolute atomic E-state index is 13.2. The van der Waals surface area contributed by atoms with Crippen LogP contribution in [0.2, 0.25) is 0 Å². The summed E-state index contributed by atoms with van der Waals surface area (Å²) in [5, 5.41) is 0. The standard InChI is InChI=1S/C9H8F4N2/c10-6-1-5(14)2-7(11)8(6)15-3-9(12,13)4-15/h1-2H,3-4,14H2. The maximum atomic E-state index is 13.2. The van der Waals surface area contributed by atoms with E-state index < -0.39 is 36.3 Å². The Bertz CT molecular complexity index is 374. The zero-order valence-electron chi connectivity index (χ0n) is 7.61. The number of anilines is 2. The second kappa shape index (κ2) is 3.01. The van der Waals surface area contributed by atoms with Crippen LogP contribution in [0.15, 0.2) is 12.1 Å². The molecule has 0 saturated carbocycles. The van der Waals surface area contributed by atoms with Crippen LogP contribution in [-0.2, 0) is 0 Å². The molecular weight excluding hydrogens is 212 g/mol. The molecule has 82 valence electrons. The Balaban J connectivity index is 2.30. The average Bonchev–Trinajstić information content (AvgIpc) is 1.98. The van der Waals surface area contributed by atoms with Gasteiger partial charge in [-0.3, -0.25) is 0 Å². The van der Waals surface area contributed by atoms with Crippen LogP contribution in [0.5, 0.6) is 0 Å². The highest BCUT2D eigenvalue weighted by Crippen LogP contribution is 2.35. The van der Waals surface area contributed by atoms with Gasteiger partial charge in [0.15, 0.2) is 11.6 Å². The Labute approximate surface area is 83.3 Å².